The predicted octanol–water partition coefficient (Wildman–Crippen LogP) is 4.79. The fraction of sp³-hybridized carbons (Fsp3) is 0.391. The van der Waals surface area contributed by atoms with E-state index in [1.807, 2.05) is 6.07 Å². The number of methoxy groups -OCH3 is 1. The average molecular weight is 504 g/mol. The molecule has 0 spiro atoms. The first-order valence-corrected chi connectivity index (χ1v) is 11.9. The van der Waals surface area contributed by atoms with Crippen molar-refractivity contribution in [2.75, 3.05) is 24.8 Å². The zero-order valence-electron chi connectivity index (χ0n) is 19.4. The Morgan fingerprint density at radius 1 is 1.34 bits per heavy atom. The van der Waals surface area contributed by atoms with Gasteiger partial charge in [0.2, 0.25) is 11.9 Å². The molecule has 1 saturated carbocycles. The highest BCUT2D eigenvalue weighted by Gasteiger charge is 2.36. The number of rotatable bonds is 10. The lowest BCUT2D eigenvalue weighted by molar-refractivity contribution is -0.0373. The summed E-state index contributed by atoms with van der Waals surface area (Å²) in [6.07, 6.45) is 5.33. The van der Waals surface area contributed by atoms with Crippen molar-refractivity contribution in [2.45, 2.75) is 44.3 Å². The van der Waals surface area contributed by atoms with Crippen LogP contribution in [0.5, 0.6) is 11.5 Å². The van der Waals surface area contributed by atoms with Crippen LogP contribution >= 0.6 is 11.3 Å². The highest BCUT2D eigenvalue weighted by atomic mass is 32.1. The number of thiazole rings is 1. The molecule has 1 fully saturated rings. The number of hydrogen-bond acceptors (Lipinski definition) is 10. The normalized spacial score (nSPS) is 17.6. The van der Waals surface area contributed by atoms with E-state index in [1.165, 1.54) is 11.3 Å². The Hall–Kier alpha value is -3.54. The van der Waals surface area contributed by atoms with Crippen molar-refractivity contribution in [1.82, 2.24) is 20.3 Å². The Bertz CT molecular complexity index is 1220. The van der Waals surface area contributed by atoms with E-state index in [4.69, 9.17) is 14.9 Å². The summed E-state index contributed by atoms with van der Waals surface area (Å²) >= 11 is 1.38. The summed E-state index contributed by atoms with van der Waals surface area (Å²) in [5, 5.41) is 17.0. The SMILES string of the molecule is CN/C=C(\C=N)Nc1nccc(COc2cc(OC)c3nc(NC4CCCC(F)(F)C4)sc3c2)n1. The molecule has 0 bridgehead atoms. The van der Waals surface area contributed by atoms with Crippen LogP contribution in [0, 0.1) is 5.41 Å². The molecule has 0 saturated heterocycles. The molecule has 2 aromatic heterocycles. The number of anilines is 2. The van der Waals surface area contributed by atoms with Gasteiger partial charge in [0.05, 0.1) is 23.2 Å². The first-order chi connectivity index (χ1) is 16.9. The summed E-state index contributed by atoms with van der Waals surface area (Å²) in [5.41, 5.74) is 1.80. The number of ether oxygens (including phenoxy) is 2. The number of hydrogen-bond donors (Lipinski definition) is 4. The van der Waals surface area contributed by atoms with Crippen LogP contribution in [-0.2, 0) is 6.61 Å². The molecular formula is C23H27F2N7O2S. The molecule has 0 aliphatic heterocycles. The zero-order chi connectivity index (χ0) is 24.8. The van der Waals surface area contributed by atoms with Crippen LogP contribution in [-0.4, -0.2) is 47.3 Å². The Labute approximate surface area is 205 Å². The molecule has 1 aliphatic carbocycles. The fourth-order valence-electron chi connectivity index (χ4n) is 3.84. The lowest BCUT2D eigenvalue weighted by Gasteiger charge is -2.29. The van der Waals surface area contributed by atoms with Gasteiger partial charge in [0.1, 0.15) is 23.6 Å². The minimum Gasteiger partial charge on any atom is -0.494 e. The smallest absolute Gasteiger partial charge is 0.250 e. The maximum absolute atomic E-state index is 13.8. The Morgan fingerprint density at radius 3 is 2.94 bits per heavy atom. The molecule has 0 radical (unpaired) electrons. The van der Waals surface area contributed by atoms with Crippen LogP contribution in [0.1, 0.15) is 31.4 Å². The summed E-state index contributed by atoms with van der Waals surface area (Å²) in [5.74, 6) is -1.19. The molecular weight excluding hydrogens is 476 g/mol. The van der Waals surface area contributed by atoms with Crippen LogP contribution in [0.3, 0.4) is 0 Å². The van der Waals surface area contributed by atoms with E-state index in [0.717, 1.165) is 10.9 Å². The van der Waals surface area contributed by atoms with Gasteiger partial charge >= 0.3 is 0 Å². The lowest BCUT2D eigenvalue weighted by Crippen LogP contribution is -2.34. The third-order valence-electron chi connectivity index (χ3n) is 5.43. The van der Waals surface area contributed by atoms with Crippen molar-refractivity contribution in [3.05, 3.63) is 42.0 Å². The minimum atomic E-state index is -2.63. The van der Waals surface area contributed by atoms with E-state index in [-0.39, 0.29) is 25.5 Å². The van der Waals surface area contributed by atoms with E-state index in [2.05, 4.69) is 30.9 Å². The second-order valence-electron chi connectivity index (χ2n) is 8.10. The first kappa shape index (κ1) is 24.6. The zero-order valence-corrected chi connectivity index (χ0v) is 20.2. The van der Waals surface area contributed by atoms with Gasteiger partial charge in [-0.2, -0.15) is 0 Å². The number of nitrogens with zero attached hydrogens (tertiary/aromatic N) is 3. The molecule has 1 aliphatic rings. The summed E-state index contributed by atoms with van der Waals surface area (Å²) in [4.78, 5) is 13.1. The molecule has 186 valence electrons. The summed E-state index contributed by atoms with van der Waals surface area (Å²) in [7, 11) is 3.28. The van der Waals surface area contributed by atoms with Crippen LogP contribution < -0.4 is 25.4 Å². The maximum Gasteiger partial charge on any atom is 0.250 e. The number of fused-ring (bicyclic) bond motifs is 1. The number of benzene rings is 1. The summed E-state index contributed by atoms with van der Waals surface area (Å²) in [6.45, 7) is 0.183. The lowest BCUT2D eigenvalue weighted by atomic mass is 9.92. The molecule has 1 atom stereocenters. The Kier molecular flexibility index (Phi) is 7.59. The van der Waals surface area contributed by atoms with Crippen LogP contribution in [0.15, 0.2) is 36.3 Å². The molecule has 1 aromatic carbocycles. The number of allylic oxidation sites excluding steroid dienone is 1. The highest BCUT2D eigenvalue weighted by molar-refractivity contribution is 7.22. The quantitative estimate of drug-likeness (QED) is 0.292. The molecule has 4 rings (SSSR count). The van der Waals surface area contributed by atoms with Crippen molar-refractivity contribution >= 4 is 38.8 Å². The van der Waals surface area contributed by atoms with Gasteiger partial charge in [0.15, 0.2) is 5.13 Å². The first-order valence-electron chi connectivity index (χ1n) is 11.1. The standard InChI is InChI=1S/C23H27F2N7O2S/c1-27-12-16(11-26)30-21-28-7-5-15(29-21)13-34-17-8-18(33-2)20-19(9-17)35-22(32-20)31-14-4-3-6-23(24,25)10-14/h5,7-9,11-12,14,26-27H,3-4,6,10,13H2,1-2H3,(H,31,32)(H,28,29,30)/b16-12+,26-11?. The molecule has 1 unspecified atom stereocenters. The molecule has 9 nitrogen and oxygen atoms in total. The van der Waals surface area contributed by atoms with E-state index in [9.17, 15) is 8.78 Å². The third kappa shape index (κ3) is 6.32. The molecule has 3 aromatic rings. The Morgan fingerprint density at radius 2 is 2.20 bits per heavy atom. The largest absolute Gasteiger partial charge is 0.494 e. The van der Waals surface area contributed by atoms with Gasteiger partial charge < -0.3 is 30.8 Å². The van der Waals surface area contributed by atoms with Crippen LogP contribution in [0.2, 0.25) is 0 Å². The van der Waals surface area contributed by atoms with Crippen molar-refractivity contribution in [3.8, 4) is 11.5 Å². The summed E-state index contributed by atoms with van der Waals surface area (Å²) < 4.78 is 39.8. The van der Waals surface area contributed by atoms with Gasteiger partial charge in [-0.1, -0.05) is 11.3 Å². The number of nitrogens with one attached hydrogen (secondary N) is 4. The second-order valence-corrected chi connectivity index (χ2v) is 9.13. The van der Waals surface area contributed by atoms with Gasteiger partial charge in [0, 0.05) is 50.6 Å². The van der Waals surface area contributed by atoms with Crippen molar-refractivity contribution in [3.63, 3.8) is 0 Å². The van der Waals surface area contributed by atoms with Crippen molar-refractivity contribution in [1.29, 1.82) is 5.41 Å². The molecule has 35 heavy (non-hydrogen) atoms. The predicted molar refractivity (Wildman–Crippen MR) is 133 cm³/mol. The molecule has 12 heteroatoms. The molecule has 2 heterocycles. The molecule has 4 N–H and O–H groups in total. The summed E-state index contributed by atoms with van der Waals surface area (Å²) in [6, 6.07) is 5.02. The van der Waals surface area contributed by atoms with Crippen molar-refractivity contribution in [2.24, 2.45) is 0 Å². The molecule has 0 amide bonds. The van der Waals surface area contributed by atoms with Gasteiger partial charge in [0.25, 0.3) is 0 Å². The van der Waals surface area contributed by atoms with Gasteiger partial charge in [-0.15, -0.1) is 0 Å². The topological polar surface area (TPSA) is 117 Å². The minimum absolute atomic E-state index is 0.0556. The number of alkyl halides is 2. The van der Waals surface area contributed by atoms with Gasteiger partial charge in [-0.3, -0.25) is 0 Å². The van der Waals surface area contributed by atoms with E-state index in [1.54, 1.807) is 38.7 Å². The maximum atomic E-state index is 13.8. The van der Waals surface area contributed by atoms with Gasteiger partial charge in [-0.05, 0) is 25.0 Å². The number of halogens is 2. The van der Waals surface area contributed by atoms with Crippen LogP contribution in [0.25, 0.3) is 10.2 Å². The Balaban J connectivity index is 1.47. The fourth-order valence-corrected chi connectivity index (χ4v) is 4.83. The second kappa shape index (κ2) is 10.8. The monoisotopic (exact) mass is 503 g/mol. The third-order valence-corrected chi connectivity index (χ3v) is 6.37. The van der Waals surface area contributed by atoms with Crippen LogP contribution in [0.4, 0.5) is 19.9 Å². The number of aromatic nitrogens is 3. The highest BCUT2D eigenvalue weighted by Crippen LogP contribution is 2.39. The van der Waals surface area contributed by atoms with E-state index < -0.39 is 5.92 Å². The van der Waals surface area contributed by atoms with E-state index >= 15 is 0 Å². The van der Waals surface area contributed by atoms with Gasteiger partial charge in [-0.25, -0.2) is 23.7 Å². The van der Waals surface area contributed by atoms with E-state index in [0.29, 0.717) is 52.3 Å². The van der Waals surface area contributed by atoms with Crippen molar-refractivity contribution < 1.29 is 18.3 Å². The average Bonchev–Trinajstić information content (AvgIpc) is 3.23.